The molecule has 0 saturated heterocycles. The van der Waals surface area contributed by atoms with E-state index in [-0.39, 0.29) is 0 Å². The molecule has 0 bridgehead atoms. The van der Waals surface area contributed by atoms with Crippen molar-refractivity contribution in [3.63, 3.8) is 0 Å². The van der Waals surface area contributed by atoms with Crippen molar-refractivity contribution in [1.82, 2.24) is 9.97 Å². The molecule has 2 heteroatoms. The predicted octanol–water partition coefficient (Wildman–Crippen LogP) is 3.91. The zero-order valence-electron chi connectivity index (χ0n) is 10.5. The van der Waals surface area contributed by atoms with Gasteiger partial charge in [-0.3, -0.25) is 4.98 Å². The molecule has 0 amide bonds. The van der Waals surface area contributed by atoms with Crippen molar-refractivity contribution in [3.8, 4) is 11.3 Å². The summed E-state index contributed by atoms with van der Waals surface area (Å²) in [4.78, 5) is 8.84. The molecule has 0 fully saturated rings. The normalized spacial score (nSPS) is 10.8. The first kappa shape index (κ1) is 10.9. The van der Waals surface area contributed by atoms with Crippen LogP contribution in [0.25, 0.3) is 22.2 Å². The maximum Gasteiger partial charge on any atom is 0.0742 e. The summed E-state index contributed by atoms with van der Waals surface area (Å²) in [6.45, 7) is 4.19. The highest BCUT2D eigenvalue weighted by Gasteiger charge is 2.04. The summed E-state index contributed by atoms with van der Waals surface area (Å²) in [5, 5.41) is 1.12. The minimum atomic E-state index is 1.00. The standard InChI is InChI=1S/C16H14N2/c1-11-3-5-13(6-4-11)16-9-12(2)14-10-17-8-7-15(14)18-16/h3-10H,1-2H3. The van der Waals surface area contributed by atoms with E-state index in [9.17, 15) is 0 Å². The number of hydrogen-bond donors (Lipinski definition) is 0. The van der Waals surface area contributed by atoms with Crippen LogP contribution in [0.4, 0.5) is 0 Å². The highest BCUT2D eigenvalue weighted by molar-refractivity contribution is 5.84. The van der Waals surface area contributed by atoms with Gasteiger partial charge in [-0.05, 0) is 31.5 Å². The molecule has 18 heavy (non-hydrogen) atoms. The highest BCUT2D eigenvalue weighted by Crippen LogP contribution is 2.23. The summed E-state index contributed by atoms with van der Waals surface area (Å²) in [6.07, 6.45) is 3.66. The monoisotopic (exact) mass is 234 g/mol. The summed E-state index contributed by atoms with van der Waals surface area (Å²) < 4.78 is 0. The summed E-state index contributed by atoms with van der Waals surface area (Å²) >= 11 is 0. The van der Waals surface area contributed by atoms with Crippen LogP contribution in [-0.4, -0.2) is 9.97 Å². The van der Waals surface area contributed by atoms with E-state index in [1.54, 1.807) is 6.20 Å². The van der Waals surface area contributed by atoms with Crippen LogP contribution in [0.1, 0.15) is 11.1 Å². The fourth-order valence-electron chi connectivity index (χ4n) is 2.11. The number of hydrogen-bond acceptors (Lipinski definition) is 2. The molecule has 3 rings (SSSR count). The lowest BCUT2D eigenvalue weighted by Crippen LogP contribution is -1.89. The Morgan fingerprint density at radius 2 is 1.72 bits per heavy atom. The van der Waals surface area contributed by atoms with Crippen molar-refractivity contribution < 1.29 is 0 Å². The second kappa shape index (κ2) is 4.22. The van der Waals surface area contributed by atoms with Crippen molar-refractivity contribution in [3.05, 3.63) is 59.9 Å². The molecule has 1 aromatic carbocycles. The first-order chi connectivity index (χ1) is 8.74. The van der Waals surface area contributed by atoms with E-state index < -0.39 is 0 Å². The maximum atomic E-state index is 4.70. The minimum absolute atomic E-state index is 1.00. The number of aryl methyl sites for hydroxylation is 2. The smallest absolute Gasteiger partial charge is 0.0742 e. The van der Waals surface area contributed by atoms with Gasteiger partial charge in [-0.2, -0.15) is 0 Å². The van der Waals surface area contributed by atoms with E-state index in [0.29, 0.717) is 0 Å². The molecule has 3 aromatic rings. The van der Waals surface area contributed by atoms with E-state index in [2.05, 4.69) is 49.2 Å². The summed E-state index contributed by atoms with van der Waals surface area (Å²) in [7, 11) is 0. The first-order valence-electron chi connectivity index (χ1n) is 6.02. The van der Waals surface area contributed by atoms with Crippen molar-refractivity contribution in [2.45, 2.75) is 13.8 Å². The first-order valence-corrected chi connectivity index (χ1v) is 6.02. The van der Waals surface area contributed by atoms with Gasteiger partial charge in [0.15, 0.2) is 0 Å². The Hall–Kier alpha value is -2.22. The van der Waals surface area contributed by atoms with Crippen molar-refractivity contribution >= 4 is 10.9 Å². The molecule has 2 nitrogen and oxygen atoms in total. The van der Waals surface area contributed by atoms with E-state index in [4.69, 9.17) is 4.98 Å². The quantitative estimate of drug-likeness (QED) is 0.638. The Morgan fingerprint density at radius 1 is 0.944 bits per heavy atom. The van der Waals surface area contributed by atoms with E-state index >= 15 is 0 Å². The van der Waals surface area contributed by atoms with Crippen LogP contribution in [-0.2, 0) is 0 Å². The topological polar surface area (TPSA) is 25.8 Å². The molecule has 0 aliphatic heterocycles. The molecule has 0 aliphatic rings. The third-order valence-corrected chi connectivity index (χ3v) is 3.16. The second-order valence-electron chi connectivity index (χ2n) is 4.58. The third-order valence-electron chi connectivity index (χ3n) is 3.16. The molecule has 0 N–H and O–H groups in total. The zero-order valence-corrected chi connectivity index (χ0v) is 10.5. The van der Waals surface area contributed by atoms with Crippen LogP contribution in [0, 0.1) is 13.8 Å². The van der Waals surface area contributed by atoms with Crippen LogP contribution in [0.15, 0.2) is 48.8 Å². The van der Waals surface area contributed by atoms with Crippen LogP contribution in [0.2, 0.25) is 0 Å². The summed E-state index contributed by atoms with van der Waals surface area (Å²) in [6, 6.07) is 12.5. The molecule has 0 aliphatic carbocycles. The molecule has 2 aromatic heterocycles. The van der Waals surface area contributed by atoms with E-state index in [1.165, 1.54) is 11.1 Å². The van der Waals surface area contributed by atoms with Gasteiger partial charge in [-0.25, -0.2) is 4.98 Å². The number of rotatable bonds is 1. The lowest BCUT2D eigenvalue weighted by Gasteiger charge is -2.06. The van der Waals surface area contributed by atoms with Crippen molar-refractivity contribution in [2.75, 3.05) is 0 Å². The molecular formula is C16H14N2. The molecule has 0 radical (unpaired) electrons. The number of nitrogens with zero attached hydrogens (tertiary/aromatic N) is 2. The van der Waals surface area contributed by atoms with Crippen LogP contribution < -0.4 is 0 Å². The van der Waals surface area contributed by atoms with Crippen LogP contribution >= 0.6 is 0 Å². The second-order valence-corrected chi connectivity index (χ2v) is 4.58. The number of benzene rings is 1. The SMILES string of the molecule is Cc1ccc(-c2cc(C)c3cnccc3n2)cc1. The largest absolute Gasteiger partial charge is 0.264 e. The molecule has 0 atom stereocenters. The highest BCUT2D eigenvalue weighted by atomic mass is 14.7. The Labute approximate surface area is 106 Å². The van der Waals surface area contributed by atoms with Gasteiger partial charge in [0.25, 0.3) is 0 Å². The van der Waals surface area contributed by atoms with Crippen molar-refractivity contribution in [2.24, 2.45) is 0 Å². The number of pyridine rings is 2. The summed E-state index contributed by atoms with van der Waals surface area (Å²) in [5.41, 5.74) is 5.65. The lowest BCUT2D eigenvalue weighted by atomic mass is 10.1. The van der Waals surface area contributed by atoms with Gasteiger partial charge in [0, 0.05) is 23.3 Å². The average Bonchev–Trinajstić information content (AvgIpc) is 2.39. The molecule has 2 heterocycles. The summed E-state index contributed by atoms with van der Waals surface area (Å²) in [5.74, 6) is 0. The molecule has 0 saturated carbocycles. The van der Waals surface area contributed by atoms with Gasteiger partial charge in [0.1, 0.15) is 0 Å². The van der Waals surface area contributed by atoms with Crippen molar-refractivity contribution in [1.29, 1.82) is 0 Å². The zero-order chi connectivity index (χ0) is 12.5. The lowest BCUT2D eigenvalue weighted by molar-refractivity contribution is 1.30. The van der Waals surface area contributed by atoms with E-state index in [1.807, 2.05) is 12.3 Å². The van der Waals surface area contributed by atoms with Crippen LogP contribution in [0.5, 0.6) is 0 Å². The fraction of sp³-hybridized carbons (Fsp3) is 0.125. The molecule has 88 valence electrons. The number of fused-ring (bicyclic) bond motifs is 1. The predicted molar refractivity (Wildman–Crippen MR) is 74.4 cm³/mol. The van der Waals surface area contributed by atoms with Crippen LogP contribution in [0.3, 0.4) is 0 Å². The van der Waals surface area contributed by atoms with Gasteiger partial charge in [0.2, 0.25) is 0 Å². The van der Waals surface area contributed by atoms with Gasteiger partial charge >= 0.3 is 0 Å². The van der Waals surface area contributed by atoms with Gasteiger partial charge < -0.3 is 0 Å². The van der Waals surface area contributed by atoms with Gasteiger partial charge in [-0.15, -0.1) is 0 Å². The molecule has 0 unspecified atom stereocenters. The molecule has 0 spiro atoms. The number of aromatic nitrogens is 2. The van der Waals surface area contributed by atoms with Gasteiger partial charge in [-0.1, -0.05) is 29.8 Å². The minimum Gasteiger partial charge on any atom is -0.264 e. The maximum absolute atomic E-state index is 4.70. The third kappa shape index (κ3) is 1.86. The van der Waals surface area contributed by atoms with E-state index in [0.717, 1.165) is 22.2 Å². The Morgan fingerprint density at radius 3 is 2.50 bits per heavy atom. The Balaban J connectivity index is 2.21. The molecular weight excluding hydrogens is 220 g/mol. The average molecular weight is 234 g/mol. The van der Waals surface area contributed by atoms with Gasteiger partial charge in [0.05, 0.1) is 11.2 Å². The Bertz CT molecular complexity index is 700. The Kier molecular flexibility index (Phi) is 2.56. The fourth-order valence-corrected chi connectivity index (χ4v) is 2.11.